The van der Waals surface area contributed by atoms with Gasteiger partial charge in [-0.25, -0.2) is 4.79 Å². The summed E-state index contributed by atoms with van der Waals surface area (Å²) in [6, 6.07) is 8.96. The molecule has 6 nitrogen and oxygen atoms in total. The Bertz CT molecular complexity index is 842. The van der Waals surface area contributed by atoms with E-state index in [2.05, 4.69) is 48.3 Å². The fourth-order valence-corrected chi connectivity index (χ4v) is 5.29. The molecule has 1 aromatic rings. The molecule has 2 heterocycles. The van der Waals surface area contributed by atoms with Crippen LogP contribution in [0.2, 0.25) is 0 Å². The van der Waals surface area contributed by atoms with E-state index < -0.39 is 12.1 Å². The van der Waals surface area contributed by atoms with Crippen LogP contribution < -0.4 is 5.32 Å². The second-order valence-electron chi connectivity index (χ2n) is 9.74. The minimum atomic E-state index is -5.08. The molecule has 190 valence electrons. The second kappa shape index (κ2) is 11.5. The Hall–Kier alpha value is -2.13. The van der Waals surface area contributed by atoms with Gasteiger partial charge in [0.25, 0.3) is 0 Å². The van der Waals surface area contributed by atoms with E-state index in [1.54, 1.807) is 0 Å². The van der Waals surface area contributed by atoms with Crippen molar-refractivity contribution in [2.75, 3.05) is 32.8 Å². The summed E-state index contributed by atoms with van der Waals surface area (Å²) in [4.78, 5) is 24.3. The first kappa shape index (κ1) is 26.5. The highest BCUT2D eigenvalue weighted by atomic mass is 19.4. The molecule has 3 aliphatic rings. The summed E-state index contributed by atoms with van der Waals surface area (Å²) >= 11 is 0. The van der Waals surface area contributed by atoms with Crippen molar-refractivity contribution < 1.29 is 32.6 Å². The second-order valence-corrected chi connectivity index (χ2v) is 9.74. The number of fused-ring (bicyclic) bond motifs is 3. The van der Waals surface area contributed by atoms with Crippen molar-refractivity contribution in [1.82, 2.24) is 10.2 Å². The van der Waals surface area contributed by atoms with E-state index in [4.69, 9.17) is 14.6 Å². The Morgan fingerprint density at radius 3 is 2.38 bits per heavy atom. The van der Waals surface area contributed by atoms with Gasteiger partial charge in [0.2, 0.25) is 5.91 Å². The van der Waals surface area contributed by atoms with Crippen molar-refractivity contribution in [2.45, 2.75) is 57.7 Å². The first-order chi connectivity index (χ1) is 16.1. The number of carbonyl (C=O) groups is 2. The molecular formula is C25H35F3N2O4. The summed E-state index contributed by atoms with van der Waals surface area (Å²) in [7, 11) is 0. The molecule has 0 spiro atoms. The van der Waals surface area contributed by atoms with Crippen molar-refractivity contribution in [3.8, 4) is 0 Å². The SMILES string of the molecule is CCC(C)CN1C[C@@H]2[C@H](NC(=O)CC3CCOCC3)c3ccccc3[C@@H]2C1.O=C(O)C(F)(F)F. The molecule has 1 unspecified atom stereocenters. The molecule has 1 amide bonds. The summed E-state index contributed by atoms with van der Waals surface area (Å²) in [5.41, 5.74) is 2.82. The van der Waals surface area contributed by atoms with Gasteiger partial charge in [-0.2, -0.15) is 13.2 Å². The highest BCUT2D eigenvalue weighted by Gasteiger charge is 2.46. The zero-order chi connectivity index (χ0) is 24.9. The van der Waals surface area contributed by atoms with E-state index in [1.165, 1.54) is 24.1 Å². The number of carbonyl (C=O) groups excluding carboxylic acids is 1. The summed E-state index contributed by atoms with van der Waals surface area (Å²) in [6.45, 7) is 9.64. The number of halogens is 3. The van der Waals surface area contributed by atoms with Gasteiger partial charge in [0.15, 0.2) is 0 Å². The summed E-state index contributed by atoms with van der Waals surface area (Å²) in [5.74, 6) is -0.226. The first-order valence-corrected chi connectivity index (χ1v) is 12.1. The van der Waals surface area contributed by atoms with E-state index in [-0.39, 0.29) is 11.9 Å². The van der Waals surface area contributed by atoms with Gasteiger partial charge in [0.1, 0.15) is 0 Å². The van der Waals surface area contributed by atoms with Gasteiger partial charge in [-0.1, -0.05) is 44.5 Å². The molecule has 0 radical (unpaired) electrons. The van der Waals surface area contributed by atoms with Gasteiger partial charge in [-0.15, -0.1) is 0 Å². The fraction of sp³-hybridized carbons (Fsp3) is 0.680. The van der Waals surface area contributed by atoms with Crippen LogP contribution in [0.5, 0.6) is 0 Å². The molecule has 2 N–H and O–H groups in total. The normalized spacial score (nSPS) is 25.6. The van der Waals surface area contributed by atoms with Crippen LogP contribution in [-0.4, -0.2) is 60.9 Å². The molecule has 2 fully saturated rings. The zero-order valence-electron chi connectivity index (χ0n) is 19.8. The largest absolute Gasteiger partial charge is 0.490 e. The van der Waals surface area contributed by atoms with Gasteiger partial charge in [0.05, 0.1) is 6.04 Å². The quantitative estimate of drug-likeness (QED) is 0.627. The van der Waals surface area contributed by atoms with Crippen LogP contribution in [0.1, 0.15) is 62.6 Å². The Labute approximate surface area is 198 Å². The topological polar surface area (TPSA) is 78.9 Å². The maximum atomic E-state index is 12.8. The van der Waals surface area contributed by atoms with Crippen molar-refractivity contribution >= 4 is 11.9 Å². The van der Waals surface area contributed by atoms with E-state index in [1.807, 2.05) is 0 Å². The van der Waals surface area contributed by atoms with Gasteiger partial charge < -0.3 is 20.1 Å². The third-order valence-corrected chi connectivity index (χ3v) is 7.24. The number of carboxylic acids is 1. The van der Waals surface area contributed by atoms with Crippen LogP contribution in [0.4, 0.5) is 13.2 Å². The lowest BCUT2D eigenvalue weighted by atomic mass is 9.93. The lowest BCUT2D eigenvalue weighted by molar-refractivity contribution is -0.192. The Kier molecular flexibility index (Phi) is 8.98. The molecule has 4 atom stereocenters. The number of hydrogen-bond acceptors (Lipinski definition) is 4. The summed E-state index contributed by atoms with van der Waals surface area (Å²) < 4.78 is 37.2. The van der Waals surface area contributed by atoms with Crippen LogP contribution in [0.25, 0.3) is 0 Å². The van der Waals surface area contributed by atoms with Crippen molar-refractivity contribution in [3.63, 3.8) is 0 Å². The first-order valence-electron chi connectivity index (χ1n) is 12.1. The molecule has 2 saturated heterocycles. The minimum absolute atomic E-state index is 0.181. The number of nitrogens with one attached hydrogen (secondary N) is 1. The summed E-state index contributed by atoms with van der Waals surface area (Å²) in [5, 5.41) is 10.6. The standard InChI is InChI=1S/C23H34N2O2.C2HF3O2/c1-3-16(2)13-25-14-20-18-6-4-5-7-19(18)23(21(20)15-25)24-22(26)12-17-8-10-27-11-9-17;3-2(4,5)1(6)7/h4-7,16-17,20-21,23H,3,8-15H2,1-2H3,(H,24,26);(H,6,7)/t16?,20-,21-,23+;/m0./s1. The molecule has 9 heteroatoms. The highest BCUT2D eigenvalue weighted by molar-refractivity contribution is 5.77. The van der Waals surface area contributed by atoms with Gasteiger partial charge in [-0.3, -0.25) is 4.79 Å². The number of rotatable bonds is 6. The number of ether oxygens (including phenoxy) is 1. The maximum Gasteiger partial charge on any atom is 0.490 e. The number of aliphatic carboxylic acids is 1. The van der Waals surface area contributed by atoms with E-state index in [0.717, 1.165) is 45.1 Å². The lowest BCUT2D eigenvalue weighted by Crippen LogP contribution is -2.35. The maximum absolute atomic E-state index is 12.8. The molecule has 4 rings (SSSR count). The average molecular weight is 485 g/mol. The number of benzene rings is 1. The van der Waals surface area contributed by atoms with Crippen molar-refractivity contribution in [1.29, 1.82) is 0 Å². The zero-order valence-corrected chi connectivity index (χ0v) is 19.8. The number of carboxylic acid groups (broad SMARTS) is 1. The molecule has 2 aliphatic heterocycles. The van der Waals surface area contributed by atoms with Crippen molar-refractivity contribution in [2.24, 2.45) is 17.8 Å². The molecule has 1 aromatic carbocycles. The van der Waals surface area contributed by atoms with Gasteiger partial charge in [-0.05, 0) is 35.8 Å². The third-order valence-electron chi connectivity index (χ3n) is 7.24. The Morgan fingerprint density at radius 2 is 1.79 bits per heavy atom. The number of alkyl halides is 3. The van der Waals surface area contributed by atoms with Crippen LogP contribution in [-0.2, 0) is 14.3 Å². The van der Waals surface area contributed by atoms with Crippen LogP contribution >= 0.6 is 0 Å². The Morgan fingerprint density at radius 1 is 1.18 bits per heavy atom. The number of likely N-dealkylation sites (tertiary alicyclic amines) is 1. The minimum Gasteiger partial charge on any atom is -0.475 e. The highest BCUT2D eigenvalue weighted by Crippen LogP contribution is 2.49. The van der Waals surface area contributed by atoms with E-state index in [0.29, 0.717) is 24.2 Å². The Balaban J connectivity index is 0.000000406. The molecule has 34 heavy (non-hydrogen) atoms. The van der Waals surface area contributed by atoms with Crippen LogP contribution in [0, 0.1) is 17.8 Å². The van der Waals surface area contributed by atoms with Crippen LogP contribution in [0.3, 0.4) is 0 Å². The van der Waals surface area contributed by atoms with Gasteiger partial charge in [0, 0.05) is 51.1 Å². The molecular weight excluding hydrogens is 449 g/mol. The summed E-state index contributed by atoms with van der Waals surface area (Å²) in [6.07, 6.45) is -1.17. The van der Waals surface area contributed by atoms with Crippen LogP contribution in [0.15, 0.2) is 24.3 Å². The van der Waals surface area contributed by atoms with E-state index >= 15 is 0 Å². The smallest absolute Gasteiger partial charge is 0.475 e. The number of hydrogen-bond donors (Lipinski definition) is 2. The molecule has 1 aliphatic carbocycles. The predicted octanol–water partition coefficient (Wildman–Crippen LogP) is 4.37. The molecule has 0 aromatic heterocycles. The fourth-order valence-electron chi connectivity index (χ4n) is 5.29. The monoisotopic (exact) mass is 484 g/mol. The predicted molar refractivity (Wildman–Crippen MR) is 121 cm³/mol. The average Bonchev–Trinajstić information content (AvgIpc) is 3.32. The van der Waals surface area contributed by atoms with Crippen molar-refractivity contribution in [3.05, 3.63) is 35.4 Å². The number of amides is 1. The molecule has 0 bridgehead atoms. The molecule has 0 saturated carbocycles. The van der Waals surface area contributed by atoms with Gasteiger partial charge >= 0.3 is 12.1 Å². The third kappa shape index (κ3) is 6.72. The lowest BCUT2D eigenvalue weighted by Gasteiger charge is -2.26. The van der Waals surface area contributed by atoms with E-state index in [9.17, 15) is 18.0 Å². The number of nitrogens with zero attached hydrogens (tertiary/aromatic N) is 1.